The predicted molar refractivity (Wildman–Crippen MR) is 114 cm³/mol. The minimum absolute atomic E-state index is 0.260. The molecule has 148 valence electrons. The zero-order valence-electron chi connectivity index (χ0n) is 16.2. The molecule has 7 heteroatoms. The summed E-state index contributed by atoms with van der Waals surface area (Å²) in [6, 6.07) is 21.2. The quantitative estimate of drug-likeness (QED) is 0.693. The molecular weight excluding hydrogens is 366 g/mol. The van der Waals surface area contributed by atoms with Crippen molar-refractivity contribution < 1.29 is 9.53 Å². The number of benzene rings is 2. The van der Waals surface area contributed by atoms with Gasteiger partial charge in [0.1, 0.15) is 0 Å². The Kier molecular flexibility index (Phi) is 5.67. The minimum atomic E-state index is -0.292. The van der Waals surface area contributed by atoms with Crippen molar-refractivity contribution >= 4 is 28.8 Å². The molecule has 2 heterocycles. The third-order valence-corrected chi connectivity index (χ3v) is 4.77. The maximum Gasteiger partial charge on any atom is 0.276 e. The molecule has 0 saturated carbocycles. The first-order chi connectivity index (χ1) is 14.2. The Hall–Kier alpha value is -3.45. The van der Waals surface area contributed by atoms with Gasteiger partial charge in [-0.1, -0.05) is 18.2 Å². The van der Waals surface area contributed by atoms with Gasteiger partial charge < -0.3 is 20.3 Å². The Bertz CT molecular complexity index is 945. The largest absolute Gasteiger partial charge is 0.377 e. The second-order valence-corrected chi connectivity index (χ2v) is 6.91. The van der Waals surface area contributed by atoms with Crippen molar-refractivity contribution in [2.45, 2.75) is 13.0 Å². The second-order valence-electron chi connectivity index (χ2n) is 6.91. The summed E-state index contributed by atoms with van der Waals surface area (Å²) < 4.78 is 5.50. The molecule has 0 aliphatic carbocycles. The van der Waals surface area contributed by atoms with Crippen LogP contribution in [0.4, 0.5) is 22.9 Å². The lowest BCUT2D eigenvalue weighted by Gasteiger charge is -2.35. The molecule has 29 heavy (non-hydrogen) atoms. The summed E-state index contributed by atoms with van der Waals surface area (Å²) in [5, 5.41) is 14.1. The predicted octanol–water partition coefficient (Wildman–Crippen LogP) is 3.70. The van der Waals surface area contributed by atoms with E-state index in [9.17, 15) is 4.79 Å². The average molecular weight is 389 g/mol. The molecule has 1 fully saturated rings. The molecule has 3 aromatic rings. The van der Waals surface area contributed by atoms with E-state index in [-0.39, 0.29) is 11.6 Å². The maximum atomic E-state index is 12.3. The number of morpholine rings is 1. The number of hydrogen-bond acceptors (Lipinski definition) is 6. The van der Waals surface area contributed by atoms with Crippen molar-refractivity contribution in [2.24, 2.45) is 0 Å². The van der Waals surface area contributed by atoms with Crippen LogP contribution in [0.5, 0.6) is 0 Å². The molecule has 4 rings (SSSR count). The van der Waals surface area contributed by atoms with E-state index in [0.29, 0.717) is 11.9 Å². The van der Waals surface area contributed by atoms with E-state index in [1.54, 1.807) is 12.1 Å². The van der Waals surface area contributed by atoms with Crippen molar-refractivity contribution in [2.75, 3.05) is 35.3 Å². The zero-order valence-corrected chi connectivity index (χ0v) is 16.2. The number of hydrogen-bond donors (Lipinski definition) is 2. The molecule has 0 bridgehead atoms. The minimum Gasteiger partial charge on any atom is -0.377 e. The lowest BCUT2D eigenvalue weighted by atomic mass is 10.2. The number of ether oxygens (including phenoxy) is 1. The van der Waals surface area contributed by atoms with Gasteiger partial charge >= 0.3 is 0 Å². The summed E-state index contributed by atoms with van der Waals surface area (Å²) in [6.07, 6.45) is 0. The topological polar surface area (TPSA) is 79.4 Å². The Labute approximate surface area is 169 Å². The molecule has 1 amide bonds. The number of nitrogens with zero attached hydrogens (tertiary/aromatic N) is 3. The number of carbonyl (C=O) groups excluding carboxylic acids is 1. The highest BCUT2D eigenvalue weighted by molar-refractivity contribution is 6.02. The fourth-order valence-corrected chi connectivity index (χ4v) is 3.23. The normalized spacial score (nSPS) is 16.3. The van der Waals surface area contributed by atoms with Gasteiger partial charge in [0, 0.05) is 29.6 Å². The zero-order chi connectivity index (χ0) is 20.1. The Morgan fingerprint density at radius 2 is 1.79 bits per heavy atom. The van der Waals surface area contributed by atoms with Crippen LogP contribution in [0.15, 0.2) is 66.7 Å². The maximum absolute atomic E-state index is 12.3. The summed E-state index contributed by atoms with van der Waals surface area (Å²) in [5.74, 6) is 0.285. The first kappa shape index (κ1) is 18.9. The first-order valence-corrected chi connectivity index (χ1v) is 9.61. The van der Waals surface area contributed by atoms with E-state index >= 15 is 0 Å². The lowest BCUT2D eigenvalue weighted by molar-refractivity contribution is 0.0989. The van der Waals surface area contributed by atoms with Gasteiger partial charge in [0.25, 0.3) is 5.91 Å². The van der Waals surface area contributed by atoms with Gasteiger partial charge in [-0.15, -0.1) is 10.2 Å². The Balaban J connectivity index is 1.38. The van der Waals surface area contributed by atoms with Crippen LogP contribution in [0.3, 0.4) is 0 Å². The Morgan fingerprint density at radius 3 is 2.48 bits per heavy atom. The molecule has 7 nitrogen and oxygen atoms in total. The molecule has 0 spiro atoms. The molecule has 1 aliphatic heterocycles. The third-order valence-electron chi connectivity index (χ3n) is 4.77. The fraction of sp³-hybridized carbons (Fsp3) is 0.227. The van der Waals surface area contributed by atoms with Crippen molar-refractivity contribution in [1.82, 2.24) is 10.2 Å². The summed E-state index contributed by atoms with van der Waals surface area (Å²) in [6.45, 7) is 4.56. The van der Waals surface area contributed by atoms with E-state index in [4.69, 9.17) is 4.74 Å². The molecule has 1 aromatic heterocycles. The number of para-hydroxylation sites is 1. The van der Waals surface area contributed by atoms with Gasteiger partial charge in [0.05, 0.1) is 13.2 Å². The van der Waals surface area contributed by atoms with Crippen LogP contribution < -0.4 is 15.5 Å². The van der Waals surface area contributed by atoms with Crippen LogP contribution in [-0.2, 0) is 4.74 Å². The first-order valence-electron chi connectivity index (χ1n) is 9.61. The summed E-state index contributed by atoms with van der Waals surface area (Å²) in [7, 11) is 0. The van der Waals surface area contributed by atoms with Crippen molar-refractivity contribution in [3.63, 3.8) is 0 Å². The number of aromatic nitrogens is 2. The number of amides is 1. The van der Waals surface area contributed by atoms with Gasteiger partial charge in [-0.2, -0.15) is 0 Å². The van der Waals surface area contributed by atoms with Crippen LogP contribution in [-0.4, -0.2) is 41.9 Å². The highest BCUT2D eigenvalue weighted by Gasteiger charge is 2.18. The summed E-state index contributed by atoms with van der Waals surface area (Å²) in [4.78, 5) is 14.6. The molecule has 1 saturated heterocycles. The van der Waals surface area contributed by atoms with E-state index in [2.05, 4.69) is 44.8 Å². The highest BCUT2D eigenvalue weighted by Crippen LogP contribution is 2.23. The van der Waals surface area contributed by atoms with E-state index in [1.165, 1.54) is 5.69 Å². The SMILES string of the molecule is CC1COCCN1c1ccc(Nc2ccc(C(=O)Nc3ccccc3)nn2)cc1. The highest BCUT2D eigenvalue weighted by atomic mass is 16.5. The van der Waals surface area contributed by atoms with Gasteiger partial charge in [-0.25, -0.2) is 0 Å². The number of carbonyl (C=O) groups is 1. The average Bonchev–Trinajstić information content (AvgIpc) is 2.76. The summed E-state index contributed by atoms with van der Waals surface area (Å²) in [5.41, 5.74) is 3.06. The fourth-order valence-electron chi connectivity index (χ4n) is 3.23. The molecular formula is C22H23N5O2. The molecule has 1 atom stereocenters. The second kappa shape index (κ2) is 8.70. The van der Waals surface area contributed by atoms with Crippen LogP contribution in [0.1, 0.15) is 17.4 Å². The van der Waals surface area contributed by atoms with Gasteiger partial charge in [-0.05, 0) is 55.5 Å². The molecule has 1 unspecified atom stereocenters. The van der Waals surface area contributed by atoms with E-state index in [0.717, 1.165) is 31.1 Å². The lowest BCUT2D eigenvalue weighted by Crippen LogP contribution is -2.43. The molecule has 2 aromatic carbocycles. The number of rotatable bonds is 5. The van der Waals surface area contributed by atoms with Crippen molar-refractivity contribution in [3.8, 4) is 0 Å². The number of anilines is 4. The van der Waals surface area contributed by atoms with E-state index in [1.807, 2.05) is 42.5 Å². The summed E-state index contributed by atoms with van der Waals surface area (Å²) >= 11 is 0. The smallest absolute Gasteiger partial charge is 0.276 e. The Morgan fingerprint density at radius 1 is 1.00 bits per heavy atom. The van der Waals surface area contributed by atoms with Gasteiger partial charge in [0.15, 0.2) is 11.5 Å². The van der Waals surface area contributed by atoms with Gasteiger partial charge in [0.2, 0.25) is 0 Å². The molecule has 1 aliphatic rings. The standard InChI is InChI=1S/C22H23N5O2/c1-16-15-29-14-13-27(16)19-9-7-18(8-10-19)23-21-12-11-20(25-26-21)22(28)24-17-5-3-2-4-6-17/h2-12,16H,13-15H2,1H3,(H,23,26)(H,24,28). The van der Waals surface area contributed by atoms with Crippen LogP contribution >= 0.6 is 0 Å². The van der Waals surface area contributed by atoms with E-state index < -0.39 is 0 Å². The van der Waals surface area contributed by atoms with Crippen LogP contribution in [0.2, 0.25) is 0 Å². The number of nitrogens with one attached hydrogen (secondary N) is 2. The van der Waals surface area contributed by atoms with Crippen molar-refractivity contribution in [3.05, 3.63) is 72.4 Å². The van der Waals surface area contributed by atoms with Crippen LogP contribution in [0.25, 0.3) is 0 Å². The molecule has 0 radical (unpaired) electrons. The van der Waals surface area contributed by atoms with Crippen LogP contribution in [0, 0.1) is 0 Å². The van der Waals surface area contributed by atoms with Crippen molar-refractivity contribution in [1.29, 1.82) is 0 Å². The molecule has 2 N–H and O–H groups in total. The monoisotopic (exact) mass is 389 g/mol. The third kappa shape index (κ3) is 4.70. The van der Waals surface area contributed by atoms with Gasteiger partial charge in [-0.3, -0.25) is 4.79 Å².